The third-order valence-corrected chi connectivity index (χ3v) is 2.59. The van der Waals surface area contributed by atoms with Crippen LogP contribution in [-0.2, 0) is 11.3 Å². The summed E-state index contributed by atoms with van der Waals surface area (Å²) in [6, 6.07) is -0.310. The third kappa shape index (κ3) is 7.02. The van der Waals surface area contributed by atoms with Gasteiger partial charge < -0.3 is 20.3 Å². The second kappa shape index (κ2) is 8.06. The lowest BCUT2D eigenvalue weighted by molar-refractivity contribution is -0.137. The van der Waals surface area contributed by atoms with E-state index in [1.54, 1.807) is 0 Å². The number of aromatic nitrogens is 2. The maximum absolute atomic E-state index is 11.4. The molecule has 106 valence electrons. The van der Waals surface area contributed by atoms with Crippen LogP contribution in [0, 0.1) is 5.92 Å². The van der Waals surface area contributed by atoms with Gasteiger partial charge in [0.1, 0.15) is 0 Å². The minimum Gasteiger partial charge on any atom is -0.481 e. The Morgan fingerprint density at radius 3 is 2.84 bits per heavy atom. The second-order valence-corrected chi connectivity index (χ2v) is 4.28. The molecule has 0 aliphatic carbocycles. The van der Waals surface area contributed by atoms with E-state index in [9.17, 15) is 9.59 Å². The van der Waals surface area contributed by atoms with Gasteiger partial charge in [-0.25, -0.2) is 4.79 Å². The average Bonchev–Trinajstić information content (AvgIpc) is 2.87. The van der Waals surface area contributed by atoms with Gasteiger partial charge in [-0.1, -0.05) is 12.1 Å². The van der Waals surface area contributed by atoms with Crippen LogP contribution in [0.3, 0.4) is 0 Å². The lowest BCUT2D eigenvalue weighted by atomic mass is 10.0. The first-order valence-electron chi connectivity index (χ1n) is 6.06. The van der Waals surface area contributed by atoms with Gasteiger partial charge in [0, 0.05) is 13.0 Å². The molecule has 0 spiro atoms. The summed E-state index contributed by atoms with van der Waals surface area (Å²) in [6.07, 6.45) is 2.70. The molecule has 1 aromatic rings. The van der Waals surface area contributed by atoms with Crippen molar-refractivity contribution < 1.29 is 19.2 Å². The number of rotatable bonds is 8. The van der Waals surface area contributed by atoms with Crippen molar-refractivity contribution in [2.24, 2.45) is 5.92 Å². The Morgan fingerprint density at radius 2 is 2.21 bits per heavy atom. The van der Waals surface area contributed by atoms with Gasteiger partial charge in [0.25, 0.3) is 0 Å². The Balaban J connectivity index is 2.05. The minimum atomic E-state index is -0.794. The van der Waals surface area contributed by atoms with E-state index in [1.165, 1.54) is 6.39 Å². The number of hydrogen-bond acceptors (Lipinski definition) is 5. The zero-order valence-corrected chi connectivity index (χ0v) is 10.8. The number of aliphatic carboxylic acids is 1. The normalized spacial score (nSPS) is 11.8. The van der Waals surface area contributed by atoms with E-state index >= 15 is 0 Å². The highest BCUT2D eigenvalue weighted by molar-refractivity contribution is 5.73. The average molecular weight is 270 g/mol. The molecule has 0 bridgehead atoms. The molecule has 0 fully saturated rings. The van der Waals surface area contributed by atoms with Crippen molar-refractivity contribution in [3.63, 3.8) is 0 Å². The molecule has 0 aliphatic heterocycles. The summed E-state index contributed by atoms with van der Waals surface area (Å²) < 4.78 is 4.52. The standard InChI is InChI=1S/C11H18N4O4/c1-8(2-3-10(16)17)4-5-12-11(18)13-6-9-14-7-19-15-9/h7-8H,2-6H2,1H3,(H,16,17)(H2,12,13,18). The number of nitrogens with zero attached hydrogens (tertiary/aromatic N) is 2. The molecule has 0 saturated carbocycles. The Hall–Kier alpha value is -2.12. The summed E-state index contributed by atoms with van der Waals surface area (Å²) in [4.78, 5) is 25.5. The summed E-state index contributed by atoms with van der Waals surface area (Å²) in [6.45, 7) is 2.66. The molecule has 8 nitrogen and oxygen atoms in total. The Bertz CT molecular complexity index is 393. The number of carboxylic acids is 1. The molecule has 0 aromatic carbocycles. The maximum Gasteiger partial charge on any atom is 0.315 e. The van der Waals surface area contributed by atoms with Gasteiger partial charge >= 0.3 is 12.0 Å². The molecule has 19 heavy (non-hydrogen) atoms. The first kappa shape index (κ1) is 14.9. The third-order valence-electron chi connectivity index (χ3n) is 2.59. The van der Waals surface area contributed by atoms with Crippen molar-refractivity contribution in [2.45, 2.75) is 32.7 Å². The zero-order valence-electron chi connectivity index (χ0n) is 10.8. The van der Waals surface area contributed by atoms with Crippen LogP contribution in [0.25, 0.3) is 0 Å². The van der Waals surface area contributed by atoms with Crippen molar-refractivity contribution in [3.8, 4) is 0 Å². The van der Waals surface area contributed by atoms with Gasteiger partial charge in [-0.2, -0.15) is 4.98 Å². The Morgan fingerprint density at radius 1 is 1.42 bits per heavy atom. The molecule has 3 N–H and O–H groups in total. The van der Waals surface area contributed by atoms with E-state index in [4.69, 9.17) is 5.11 Å². The molecule has 0 saturated heterocycles. The van der Waals surface area contributed by atoms with Crippen molar-refractivity contribution in [3.05, 3.63) is 12.2 Å². The van der Waals surface area contributed by atoms with E-state index in [1.807, 2.05) is 6.92 Å². The van der Waals surface area contributed by atoms with Gasteiger partial charge in [0.2, 0.25) is 6.39 Å². The number of hydrogen-bond donors (Lipinski definition) is 3. The number of carbonyl (C=O) groups is 2. The van der Waals surface area contributed by atoms with Crippen molar-refractivity contribution >= 4 is 12.0 Å². The minimum absolute atomic E-state index is 0.158. The molecule has 1 rings (SSSR count). The maximum atomic E-state index is 11.4. The van der Waals surface area contributed by atoms with Crippen LogP contribution in [0.4, 0.5) is 4.79 Å². The summed E-state index contributed by atoms with van der Waals surface area (Å²) in [5, 5.41) is 17.4. The van der Waals surface area contributed by atoms with Crippen LogP contribution in [0.5, 0.6) is 0 Å². The van der Waals surface area contributed by atoms with E-state index in [-0.39, 0.29) is 24.9 Å². The summed E-state index contributed by atoms with van der Waals surface area (Å²) in [5.74, 6) is -0.128. The van der Waals surface area contributed by atoms with E-state index in [0.717, 1.165) is 6.42 Å². The van der Waals surface area contributed by atoms with Crippen LogP contribution in [0.2, 0.25) is 0 Å². The topological polar surface area (TPSA) is 117 Å². The molecule has 1 atom stereocenters. The van der Waals surface area contributed by atoms with Crippen molar-refractivity contribution in [1.29, 1.82) is 0 Å². The quantitative estimate of drug-likeness (QED) is 0.642. The smallest absolute Gasteiger partial charge is 0.315 e. The van der Waals surface area contributed by atoms with Crippen LogP contribution < -0.4 is 10.6 Å². The molecular formula is C11H18N4O4. The number of nitrogens with one attached hydrogen (secondary N) is 2. The fourth-order valence-electron chi connectivity index (χ4n) is 1.44. The highest BCUT2D eigenvalue weighted by atomic mass is 16.5. The number of urea groups is 1. The molecular weight excluding hydrogens is 252 g/mol. The highest BCUT2D eigenvalue weighted by Crippen LogP contribution is 2.08. The summed E-state index contributed by atoms with van der Waals surface area (Å²) >= 11 is 0. The molecule has 0 radical (unpaired) electrons. The van der Waals surface area contributed by atoms with Gasteiger partial charge in [-0.3, -0.25) is 4.79 Å². The fraction of sp³-hybridized carbons (Fsp3) is 0.636. The second-order valence-electron chi connectivity index (χ2n) is 4.28. The first-order chi connectivity index (χ1) is 9.08. The largest absolute Gasteiger partial charge is 0.481 e. The van der Waals surface area contributed by atoms with Crippen molar-refractivity contribution in [1.82, 2.24) is 20.8 Å². The van der Waals surface area contributed by atoms with Gasteiger partial charge in [-0.15, -0.1) is 0 Å². The summed E-state index contributed by atoms with van der Waals surface area (Å²) in [7, 11) is 0. The molecule has 1 aromatic heterocycles. The first-order valence-corrected chi connectivity index (χ1v) is 6.06. The lowest BCUT2D eigenvalue weighted by Gasteiger charge is -2.10. The number of carbonyl (C=O) groups excluding carboxylic acids is 1. The molecule has 8 heteroatoms. The van der Waals surface area contributed by atoms with E-state index in [0.29, 0.717) is 18.8 Å². The number of carboxylic acid groups (broad SMARTS) is 1. The predicted octanol–water partition coefficient (Wildman–Crippen LogP) is 0.760. The Labute approximate surface area is 110 Å². The SMILES string of the molecule is CC(CCNC(=O)NCc1ncon1)CCC(=O)O. The van der Waals surface area contributed by atoms with Crippen molar-refractivity contribution in [2.75, 3.05) is 6.54 Å². The lowest BCUT2D eigenvalue weighted by Crippen LogP contribution is -2.36. The van der Waals surface area contributed by atoms with Crippen LogP contribution >= 0.6 is 0 Å². The van der Waals surface area contributed by atoms with Crippen LogP contribution in [0.15, 0.2) is 10.9 Å². The van der Waals surface area contributed by atoms with Crippen LogP contribution in [0.1, 0.15) is 32.0 Å². The fourth-order valence-corrected chi connectivity index (χ4v) is 1.44. The van der Waals surface area contributed by atoms with Gasteiger partial charge in [0.05, 0.1) is 6.54 Å². The molecule has 1 heterocycles. The van der Waals surface area contributed by atoms with E-state index in [2.05, 4.69) is 25.3 Å². The summed E-state index contributed by atoms with van der Waals surface area (Å²) in [5.41, 5.74) is 0. The van der Waals surface area contributed by atoms with Gasteiger partial charge in [0.15, 0.2) is 5.82 Å². The molecule has 0 aliphatic rings. The van der Waals surface area contributed by atoms with Gasteiger partial charge in [-0.05, 0) is 18.8 Å². The highest BCUT2D eigenvalue weighted by Gasteiger charge is 2.07. The predicted molar refractivity (Wildman–Crippen MR) is 65.2 cm³/mol. The monoisotopic (exact) mass is 270 g/mol. The molecule has 2 amide bonds. The van der Waals surface area contributed by atoms with Crippen LogP contribution in [-0.4, -0.2) is 33.8 Å². The zero-order chi connectivity index (χ0) is 14.1. The Kier molecular flexibility index (Phi) is 6.34. The number of amides is 2. The van der Waals surface area contributed by atoms with E-state index < -0.39 is 5.97 Å². The molecule has 1 unspecified atom stereocenters.